The second-order valence-electron chi connectivity index (χ2n) is 5.58. The second kappa shape index (κ2) is 7.22. The Morgan fingerprint density at radius 3 is 2.17 bits per heavy atom. The van der Waals surface area contributed by atoms with Gasteiger partial charge in [0.1, 0.15) is 11.6 Å². The largest absolute Gasteiger partial charge is 0.332 e. The molecule has 2 rings (SSSR count). The fourth-order valence-corrected chi connectivity index (χ4v) is 2.52. The van der Waals surface area contributed by atoms with Crippen LogP contribution in [0, 0.1) is 18.6 Å². The van der Waals surface area contributed by atoms with Crippen LogP contribution < -0.4 is 10.6 Å². The first kappa shape index (κ1) is 16.9. The second-order valence-corrected chi connectivity index (χ2v) is 5.58. The lowest BCUT2D eigenvalue weighted by Crippen LogP contribution is -2.38. The minimum atomic E-state index is -0.676. The first-order valence-corrected chi connectivity index (χ1v) is 7.46. The number of benzene rings is 2. The quantitative estimate of drug-likeness (QED) is 0.862. The van der Waals surface area contributed by atoms with Crippen molar-refractivity contribution >= 4 is 6.03 Å². The highest BCUT2D eigenvalue weighted by atomic mass is 19.1. The molecule has 0 saturated heterocycles. The molecule has 2 unspecified atom stereocenters. The Kier molecular flexibility index (Phi) is 5.32. The number of rotatable bonds is 4. The molecule has 0 saturated carbocycles. The third-order valence-corrected chi connectivity index (χ3v) is 3.78. The number of nitrogens with one attached hydrogen (secondary N) is 2. The Morgan fingerprint density at radius 1 is 0.957 bits per heavy atom. The van der Waals surface area contributed by atoms with Gasteiger partial charge in [-0.05, 0) is 38.0 Å². The normalized spacial score (nSPS) is 13.3. The molecule has 2 amide bonds. The molecule has 0 heterocycles. The van der Waals surface area contributed by atoms with Crippen molar-refractivity contribution in [2.75, 3.05) is 0 Å². The van der Waals surface area contributed by atoms with E-state index >= 15 is 0 Å². The average molecular weight is 318 g/mol. The van der Waals surface area contributed by atoms with Crippen LogP contribution in [0.4, 0.5) is 13.6 Å². The molecule has 5 heteroatoms. The van der Waals surface area contributed by atoms with Gasteiger partial charge in [0, 0.05) is 11.6 Å². The summed E-state index contributed by atoms with van der Waals surface area (Å²) in [6.45, 7) is 5.50. The van der Waals surface area contributed by atoms with E-state index in [1.807, 2.05) is 38.1 Å². The minimum Gasteiger partial charge on any atom is -0.332 e. The Labute approximate surface area is 134 Å². The number of aryl methyl sites for hydroxylation is 1. The summed E-state index contributed by atoms with van der Waals surface area (Å²) < 4.78 is 26.7. The van der Waals surface area contributed by atoms with Crippen LogP contribution in [0.25, 0.3) is 0 Å². The first-order chi connectivity index (χ1) is 10.9. The first-order valence-electron chi connectivity index (χ1n) is 7.46. The lowest BCUT2D eigenvalue weighted by atomic mass is 10.0. The summed E-state index contributed by atoms with van der Waals surface area (Å²) in [5.41, 5.74) is 2.34. The summed E-state index contributed by atoms with van der Waals surface area (Å²) >= 11 is 0. The van der Waals surface area contributed by atoms with Gasteiger partial charge in [-0.15, -0.1) is 0 Å². The van der Waals surface area contributed by atoms with Crippen LogP contribution in [0.1, 0.15) is 42.6 Å². The number of carbonyl (C=O) groups is 1. The van der Waals surface area contributed by atoms with Gasteiger partial charge in [-0.25, -0.2) is 13.6 Å². The van der Waals surface area contributed by atoms with Crippen LogP contribution in [-0.4, -0.2) is 6.03 Å². The van der Waals surface area contributed by atoms with Gasteiger partial charge in [0.2, 0.25) is 0 Å². The van der Waals surface area contributed by atoms with Crippen molar-refractivity contribution in [1.29, 1.82) is 0 Å². The van der Waals surface area contributed by atoms with Crippen molar-refractivity contribution in [3.05, 3.63) is 70.8 Å². The summed E-state index contributed by atoms with van der Waals surface area (Å²) in [4.78, 5) is 12.1. The van der Waals surface area contributed by atoms with Crippen LogP contribution in [0.15, 0.2) is 42.5 Å². The van der Waals surface area contributed by atoms with E-state index in [2.05, 4.69) is 10.6 Å². The number of hydrogen-bond acceptors (Lipinski definition) is 1. The fraction of sp³-hybridized carbons (Fsp3) is 0.278. The van der Waals surface area contributed by atoms with Crippen LogP contribution in [0.5, 0.6) is 0 Å². The van der Waals surface area contributed by atoms with E-state index in [0.717, 1.165) is 17.2 Å². The van der Waals surface area contributed by atoms with Gasteiger partial charge in [-0.1, -0.05) is 30.3 Å². The Morgan fingerprint density at radius 2 is 1.57 bits per heavy atom. The van der Waals surface area contributed by atoms with E-state index < -0.39 is 23.7 Å². The molecule has 23 heavy (non-hydrogen) atoms. The summed E-state index contributed by atoms with van der Waals surface area (Å²) in [7, 11) is 0. The molecule has 122 valence electrons. The third-order valence-electron chi connectivity index (χ3n) is 3.78. The lowest BCUT2D eigenvalue weighted by molar-refractivity contribution is 0.234. The van der Waals surface area contributed by atoms with E-state index in [1.165, 1.54) is 12.1 Å². The number of urea groups is 1. The van der Waals surface area contributed by atoms with Crippen LogP contribution in [0.2, 0.25) is 0 Å². The summed E-state index contributed by atoms with van der Waals surface area (Å²) in [6, 6.07) is 9.93. The molecule has 2 aromatic carbocycles. The number of hydrogen-bond donors (Lipinski definition) is 2. The summed E-state index contributed by atoms with van der Waals surface area (Å²) in [5, 5.41) is 5.49. The topological polar surface area (TPSA) is 41.1 Å². The molecule has 2 N–H and O–H groups in total. The Balaban J connectivity index is 2.00. The number of carbonyl (C=O) groups excluding carboxylic acids is 1. The molecule has 0 bridgehead atoms. The highest BCUT2D eigenvalue weighted by Gasteiger charge is 2.16. The minimum absolute atomic E-state index is 0.179. The van der Waals surface area contributed by atoms with Crippen molar-refractivity contribution in [2.45, 2.75) is 32.9 Å². The van der Waals surface area contributed by atoms with Gasteiger partial charge >= 0.3 is 6.03 Å². The summed E-state index contributed by atoms with van der Waals surface area (Å²) in [5.74, 6) is -1.32. The van der Waals surface area contributed by atoms with Crippen molar-refractivity contribution < 1.29 is 13.6 Å². The molecule has 0 spiro atoms. The molecular formula is C18H20F2N2O. The van der Waals surface area contributed by atoms with E-state index in [1.54, 1.807) is 6.92 Å². The molecule has 0 aliphatic carbocycles. The van der Waals surface area contributed by atoms with E-state index in [-0.39, 0.29) is 11.6 Å². The van der Waals surface area contributed by atoms with E-state index in [0.29, 0.717) is 0 Å². The maximum absolute atomic E-state index is 13.7. The van der Waals surface area contributed by atoms with Gasteiger partial charge in [-0.2, -0.15) is 0 Å². The average Bonchev–Trinajstić information content (AvgIpc) is 2.47. The zero-order valence-corrected chi connectivity index (χ0v) is 13.4. The number of halogens is 2. The zero-order valence-electron chi connectivity index (χ0n) is 13.4. The molecule has 0 aliphatic heterocycles. The molecule has 2 atom stereocenters. The molecule has 0 aliphatic rings. The Bertz CT molecular complexity index is 703. The fourth-order valence-electron chi connectivity index (χ4n) is 2.52. The highest BCUT2D eigenvalue weighted by molar-refractivity contribution is 5.75. The smallest absolute Gasteiger partial charge is 0.315 e. The van der Waals surface area contributed by atoms with Crippen molar-refractivity contribution in [3.63, 3.8) is 0 Å². The molecule has 3 nitrogen and oxygen atoms in total. The molecule has 2 aromatic rings. The molecule has 0 aromatic heterocycles. The third kappa shape index (κ3) is 4.28. The van der Waals surface area contributed by atoms with Gasteiger partial charge in [0.15, 0.2) is 0 Å². The van der Waals surface area contributed by atoms with Crippen LogP contribution in [-0.2, 0) is 0 Å². The van der Waals surface area contributed by atoms with Crippen molar-refractivity contribution in [1.82, 2.24) is 10.6 Å². The van der Waals surface area contributed by atoms with E-state index in [4.69, 9.17) is 0 Å². The highest BCUT2D eigenvalue weighted by Crippen LogP contribution is 2.19. The van der Waals surface area contributed by atoms with Crippen LogP contribution >= 0.6 is 0 Å². The van der Waals surface area contributed by atoms with Crippen molar-refractivity contribution in [2.24, 2.45) is 0 Å². The van der Waals surface area contributed by atoms with Crippen LogP contribution in [0.3, 0.4) is 0 Å². The maximum Gasteiger partial charge on any atom is 0.315 e. The van der Waals surface area contributed by atoms with Crippen molar-refractivity contribution in [3.8, 4) is 0 Å². The van der Waals surface area contributed by atoms with Gasteiger partial charge < -0.3 is 10.6 Å². The van der Waals surface area contributed by atoms with Gasteiger partial charge in [0.05, 0.1) is 12.1 Å². The van der Waals surface area contributed by atoms with Gasteiger partial charge in [0.25, 0.3) is 0 Å². The molecule has 0 radical (unpaired) electrons. The number of amides is 2. The lowest BCUT2D eigenvalue weighted by Gasteiger charge is -2.20. The summed E-state index contributed by atoms with van der Waals surface area (Å²) in [6.07, 6.45) is 0. The monoisotopic (exact) mass is 318 g/mol. The van der Waals surface area contributed by atoms with Gasteiger partial charge in [-0.3, -0.25) is 0 Å². The molecule has 0 fully saturated rings. The Hall–Kier alpha value is -2.43. The standard InChI is InChI=1S/C18H20F2N2O/c1-11-6-4-5-7-15(11)12(2)21-18(23)22-13(3)16-9-8-14(19)10-17(16)20/h4-10,12-13H,1-3H3,(H2,21,22,23). The molecular weight excluding hydrogens is 298 g/mol. The van der Waals surface area contributed by atoms with E-state index in [9.17, 15) is 13.6 Å². The maximum atomic E-state index is 13.7. The predicted octanol–water partition coefficient (Wildman–Crippen LogP) is 4.39. The zero-order chi connectivity index (χ0) is 17.0. The predicted molar refractivity (Wildman–Crippen MR) is 86.0 cm³/mol. The SMILES string of the molecule is Cc1ccccc1C(C)NC(=O)NC(C)c1ccc(F)cc1F.